The van der Waals surface area contributed by atoms with Gasteiger partial charge in [-0.3, -0.25) is 4.79 Å². The van der Waals surface area contributed by atoms with E-state index in [2.05, 4.69) is 20.9 Å². The lowest BCUT2D eigenvalue weighted by Gasteiger charge is -2.04. The van der Waals surface area contributed by atoms with Crippen molar-refractivity contribution in [2.45, 2.75) is 5.03 Å². The van der Waals surface area contributed by atoms with E-state index in [0.717, 1.165) is 9.50 Å². The smallest absolute Gasteiger partial charge is 0.174 e. The number of ketones is 1. The summed E-state index contributed by atoms with van der Waals surface area (Å²) < 4.78 is 0.906. The summed E-state index contributed by atoms with van der Waals surface area (Å²) in [5, 5.41) is 1.69. The molecule has 0 aliphatic rings. The molecule has 0 aliphatic carbocycles. The summed E-state index contributed by atoms with van der Waals surface area (Å²) in [6.07, 6.45) is 1.70. The summed E-state index contributed by atoms with van der Waals surface area (Å²) in [7, 11) is 0. The van der Waals surface area contributed by atoms with Crippen LogP contribution in [0, 0.1) is 0 Å². The zero-order valence-electron chi connectivity index (χ0n) is 9.57. The molecule has 0 atom stereocenters. The first-order chi connectivity index (χ1) is 9.06. The van der Waals surface area contributed by atoms with E-state index in [1.807, 2.05) is 12.1 Å². The lowest BCUT2D eigenvalue weighted by atomic mass is 10.1. The summed E-state index contributed by atoms with van der Waals surface area (Å²) in [6.45, 7) is 0. The molecule has 2 rings (SSSR count). The van der Waals surface area contributed by atoms with Gasteiger partial charge in [0.15, 0.2) is 5.78 Å². The Hall–Kier alpha value is -0.550. The highest BCUT2D eigenvalue weighted by atomic mass is 79.9. The van der Waals surface area contributed by atoms with Crippen molar-refractivity contribution in [3.05, 3.63) is 56.6 Å². The Morgan fingerprint density at radius 2 is 2.05 bits per heavy atom. The summed E-state index contributed by atoms with van der Waals surface area (Å²) in [4.78, 5) is 16.2. The highest BCUT2D eigenvalue weighted by Crippen LogP contribution is 2.24. The van der Waals surface area contributed by atoms with Crippen LogP contribution < -0.4 is 0 Å². The van der Waals surface area contributed by atoms with Gasteiger partial charge in [-0.1, -0.05) is 35.0 Å². The van der Waals surface area contributed by atoms with Crippen LogP contribution in [0.1, 0.15) is 10.4 Å². The van der Waals surface area contributed by atoms with Crippen LogP contribution in [0.3, 0.4) is 0 Å². The Morgan fingerprint density at radius 1 is 1.26 bits per heavy atom. The molecule has 0 saturated heterocycles. The van der Waals surface area contributed by atoms with E-state index in [9.17, 15) is 4.79 Å². The van der Waals surface area contributed by atoms with Gasteiger partial charge in [-0.15, -0.1) is 0 Å². The molecule has 0 bridgehead atoms. The number of carbonyl (C=O) groups excluding carboxylic acids is 1. The lowest BCUT2D eigenvalue weighted by Crippen LogP contribution is -2.03. The second kappa shape index (κ2) is 6.75. The molecule has 98 valence electrons. The zero-order chi connectivity index (χ0) is 13.8. The number of benzene rings is 1. The quantitative estimate of drug-likeness (QED) is 0.547. The normalized spacial score (nSPS) is 10.5. The van der Waals surface area contributed by atoms with Crippen LogP contribution in [0.25, 0.3) is 0 Å². The number of hydrogen-bond donors (Lipinski definition) is 0. The van der Waals surface area contributed by atoms with Gasteiger partial charge in [0.05, 0.1) is 15.8 Å². The van der Waals surface area contributed by atoms with Crippen LogP contribution in [0.2, 0.25) is 10.0 Å². The molecule has 2 nitrogen and oxygen atoms in total. The fraction of sp³-hybridized carbons (Fsp3) is 0.0769. The number of nitrogens with zero attached hydrogens (tertiary/aromatic N) is 1. The highest BCUT2D eigenvalue weighted by Gasteiger charge is 2.11. The molecule has 0 aliphatic heterocycles. The topological polar surface area (TPSA) is 30.0 Å². The number of rotatable bonds is 4. The Kier molecular flexibility index (Phi) is 5.28. The molecule has 0 unspecified atom stereocenters. The van der Waals surface area contributed by atoms with E-state index in [1.54, 1.807) is 24.4 Å². The SMILES string of the molecule is O=C(CSc1ccc(Br)cn1)c1ccc(Cl)cc1Cl. The van der Waals surface area contributed by atoms with Crippen molar-refractivity contribution in [2.24, 2.45) is 0 Å². The minimum atomic E-state index is -0.0450. The molecule has 1 aromatic carbocycles. The van der Waals surface area contributed by atoms with Crippen molar-refractivity contribution < 1.29 is 4.79 Å². The molecule has 0 N–H and O–H groups in total. The minimum absolute atomic E-state index is 0.0450. The molecule has 0 fully saturated rings. The van der Waals surface area contributed by atoms with Gasteiger partial charge in [0.1, 0.15) is 0 Å². The van der Waals surface area contributed by atoms with Crippen molar-refractivity contribution in [3.8, 4) is 0 Å². The molecule has 0 saturated carbocycles. The van der Waals surface area contributed by atoms with Crippen molar-refractivity contribution in [1.82, 2.24) is 4.98 Å². The molecule has 0 spiro atoms. The van der Waals surface area contributed by atoms with Crippen molar-refractivity contribution in [3.63, 3.8) is 0 Å². The van der Waals surface area contributed by atoms with E-state index in [4.69, 9.17) is 23.2 Å². The summed E-state index contributed by atoms with van der Waals surface area (Å²) in [5.41, 5.74) is 0.482. The van der Waals surface area contributed by atoms with Gasteiger partial charge < -0.3 is 0 Å². The summed E-state index contributed by atoms with van der Waals surface area (Å²) >= 11 is 16.5. The Balaban J connectivity index is 2.03. The third-order valence-corrected chi connectivity index (χ3v) is 4.24. The standard InChI is InChI=1S/C13H8BrCl2NOS/c14-8-1-4-13(17-6-8)19-7-12(18)10-3-2-9(15)5-11(10)16/h1-6H,7H2. The minimum Gasteiger partial charge on any atom is -0.293 e. The van der Waals surface area contributed by atoms with E-state index in [1.165, 1.54) is 11.8 Å². The average molecular weight is 377 g/mol. The predicted molar refractivity (Wildman–Crippen MR) is 83.5 cm³/mol. The second-order valence-corrected chi connectivity index (χ2v) is 6.41. The molecular formula is C13H8BrCl2NOS. The summed E-state index contributed by atoms with van der Waals surface area (Å²) in [5.74, 6) is 0.243. The van der Waals surface area contributed by atoms with Gasteiger partial charge in [0.2, 0.25) is 0 Å². The van der Waals surface area contributed by atoms with Crippen LogP contribution >= 0.6 is 50.9 Å². The zero-order valence-corrected chi connectivity index (χ0v) is 13.5. The first-order valence-corrected chi connectivity index (χ1v) is 7.82. The maximum absolute atomic E-state index is 12.0. The number of Topliss-reactive ketones (excluding diaryl/α,β-unsaturated/α-hetero) is 1. The van der Waals surface area contributed by atoms with Crippen molar-refractivity contribution in [2.75, 3.05) is 5.75 Å². The van der Waals surface area contributed by atoms with Gasteiger partial charge >= 0.3 is 0 Å². The van der Waals surface area contributed by atoms with E-state index in [-0.39, 0.29) is 11.5 Å². The molecule has 6 heteroatoms. The highest BCUT2D eigenvalue weighted by molar-refractivity contribution is 9.10. The fourth-order valence-corrected chi connectivity index (χ4v) is 2.85. The largest absolute Gasteiger partial charge is 0.293 e. The number of hydrogen-bond acceptors (Lipinski definition) is 3. The average Bonchev–Trinajstić information content (AvgIpc) is 2.37. The van der Waals surface area contributed by atoms with Crippen LogP contribution in [-0.2, 0) is 0 Å². The predicted octanol–water partition coefficient (Wildman–Crippen LogP) is 5.13. The Labute approximate surface area is 133 Å². The Bertz CT molecular complexity index is 604. The molecule has 19 heavy (non-hydrogen) atoms. The van der Waals surface area contributed by atoms with Crippen LogP contribution in [-0.4, -0.2) is 16.5 Å². The first-order valence-electron chi connectivity index (χ1n) is 5.29. The number of carbonyl (C=O) groups is 1. The number of halogens is 3. The lowest BCUT2D eigenvalue weighted by molar-refractivity contribution is 0.102. The number of aromatic nitrogens is 1. The summed E-state index contributed by atoms with van der Waals surface area (Å²) in [6, 6.07) is 8.60. The van der Waals surface area contributed by atoms with Gasteiger partial charge in [0.25, 0.3) is 0 Å². The van der Waals surface area contributed by atoms with Crippen LogP contribution in [0.15, 0.2) is 46.0 Å². The van der Waals surface area contributed by atoms with Gasteiger partial charge in [-0.05, 0) is 46.3 Å². The molecule has 1 aromatic heterocycles. The second-order valence-electron chi connectivity index (χ2n) is 3.65. The van der Waals surface area contributed by atoms with Crippen LogP contribution in [0.4, 0.5) is 0 Å². The van der Waals surface area contributed by atoms with Gasteiger partial charge in [0, 0.05) is 21.3 Å². The van der Waals surface area contributed by atoms with E-state index < -0.39 is 0 Å². The van der Waals surface area contributed by atoms with E-state index >= 15 is 0 Å². The molecule has 0 radical (unpaired) electrons. The molecule has 2 aromatic rings. The molecule has 1 heterocycles. The first kappa shape index (κ1) is 14.9. The van der Waals surface area contributed by atoms with Crippen molar-refractivity contribution >= 4 is 56.7 Å². The maximum Gasteiger partial charge on any atom is 0.174 e. The van der Waals surface area contributed by atoms with Gasteiger partial charge in [-0.25, -0.2) is 4.98 Å². The molecule has 0 amide bonds. The monoisotopic (exact) mass is 375 g/mol. The number of thioether (sulfide) groups is 1. The number of pyridine rings is 1. The van der Waals surface area contributed by atoms with Crippen LogP contribution in [0.5, 0.6) is 0 Å². The maximum atomic E-state index is 12.0. The third kappa shape index (κ3) is 4.21. The third-order valence-electron chi connectivity index (χ3n) is 2.28. The van der Waals surface area contributed by atoms with E-state index in [0.29, 0.717) is 15.6 Å². The van der Waals surface area contributed by atoms with Crippen molar-refractivity contribution in [1.29, 1.82) is 0 Å². The fourth-order valence-electron chi connectivity index (χ4n) is 1.38. The Morgan fingerprint density at radius 3 is 2.68 bits per heavy atom. The molecular weight excluding hydrogens is 369 g/mol. The van der Waals surface area contributed by atoms with Gasteiger partial charge in [-0.2, -0.15) is 0 Å².